The van der Waals surface area contributed by atoms with Gasteiger partial charge in [-0.05, 0) is 42.3 Å². The molecular formula is C18H22F2N2O2. The van der Waals surface area contributed by atoms with Gasteiger partial charge in [-0.25, -0.2) is 8.78 Å². The normalized spacial score (nSPS) is 13.8. The third-order valence-corrected chi connectivity index (χ3v) is 3.56. The van der Waals surface area contributed by atoms with Crippen LogP contribution in [-0.4, -0.2) is 29.3 Å². The number of hydrogen-bond acceptors (Lipinski definition) is 4. The molecule has 1 aromatic carbocycles. The standard InChI is InChI=1S/C18H22F2N2O2/c1-12(2)18(17-8-5-14(20)9-21-17)22-10-15(23)11-24-16-6-3-13(19)4-7-16/h3-9,12,15,18,22-23H,10-11H2,1-2H3. The number of benzene rings is 1. The molecule has 0 aliphatic carbocycles. The first-order valence-electron chi connectivity index (χ1n) is 7.87. The highest BCUT2D eigenvalue weighted by atomic mass is 19.1. The maximum absolute atomic E-state index is 13.0. The van der Waals surface area contributed by atoms with Crippen LogP contribution >= 0.6 is 0 Å². The molecule has 130 valence electrons. The summed E-state index contributed by atoms with van der Waals surface area (Å²) in [5.41, 5.74) is 0.720. The zero-order chi connectivity index (χ0) is 17.5. The molecule has 0 aliphatic heterocycles. The first-order chi connectivity index (χ1) is 11.5. The van der Waals surface area contributed by atoms with Gasteiger partial charge in [0.05, 0.1) is 17.9 Å². The van der Waals surface area contributed by atoms with Gasteiger partial charge < -0.3 is 15.2 Å². The molecule has 24 heavy (non-hydrogen) atoms. The quantitative estimate of drug-likeness (QED) is 0.778. The summed E-state index contributed by atoms with van der Waals surface area (Å²) in [4.78, 5) is 4.09. The molecular weight excluding hydrogens is 314 g/mol. The molecule has 0 aliphatic rings. The summed E-state index contributed by atoms with van der Waals surface area (Å²) < 4.78 is 31.2. The van der Waals surface area contributed by atoms with E-state index in [4.69, 9.17) is 4.74 Å². The minimum absolute atomic E-state index is 0.0836. The first kappa shape index (κ1) is 18.3. The van der Waals surface area contributed by atoms with E-state index in [1.54, 1.807) is 6.07 Å². The van der Waals surface area contributed by atoms with Gasteiger partial charge in [-0.15, -0.1) is 0 Å². The SMILES string of the molecule is CC(C)C(NCC(O)COc1ccc(F)cc1)c1ccc(F)cn1. The van der Waals surface area contributed by atoms with Crippen molar-refractivity contribution in [3.63, 3.8) is 0 Å². The Kier molecular flexibility index (Phi) is 6.63. The molecule has 0 saturated carbocycles. The van der Waals surface area contributed by atoms with Crippen molar-refractivity contribution in [3.05, 3.63) is 59.9 Å². The maximum Gasteiger partial charge on any atom is 0.141 e. The van der Waals surface area contributed by atoms with Gasteiger partial charge in [-0.2, -0.15) is 0 Å². The lowest BCUT2D eigenvalue weighted by molar-refractivity contribution is 0.101. The van der Waals surface area contributed by atoms with Crippen molar-refractivity contribution in [1.82, 2.24) is 10.3 Å². The number of rotatable bonds is 8. The molecule has 6 heteroatoms. The van der Waals surface area contributed by atoms with E-state index in [2.05, 4.69) is 10.3 Å². The van der Waals surface area contributed by atoms with Crippen LogP contribution in [0.3, 0.4) is 0 Å². The molecule has 0 amide bonds. The van der Waals surface area contributed by atoms with Crippen LogP contribution in [-0.2, 0) is 0 Å². The maximum atomic E-state index is 13.0. The molecule has 0 bridgehead atoms. The van der Waals surface area contributed by atoms with Gasteiger partial charge in [-0.1, -0.05) is 13.8 Å². The fraction of sp³-hybridized carbons (Fsp3) is 0.389. The van der Waals surface area contributed by atoms with E-state index in [0.717, 1.165) is 5.69 Å². The number of ether oxygens (including phenoxy) is 1. The smallest absolute Gasteiger partial charge is 0.141 e. The number of aromatic nitrogens is 1. The van der Waals surface area contributed by atoms with Gasteiger partial charge in [0.15, 0.2) is 0 Å². The Hall–Kier alpha value is -2.05. The molecule has 0 radical (unpaired) electrons. The fourth-order valence-corrected chi connectivity index (χ4v) is 2.30. The predicted molar refractivity (Wildman–Crippen MR) is 87.7 cm³/mol. The van der Waals surface area contributed by atoms with Crippen LogP contribution in [0.4, 0.5) is 8.78 Å². The van der Waals surface area contributed by atoms with Gasteiger partial charge in [0.25, 0.3) is 0 Å². The Morgan fingerprint density at radius 2 is 1.75 bits per heavy atom. The highest BCUT2D eigenvalue weighted by Gasteiger charge is 2.18. The van der Waals surface area contributed by atoms with E-state index in [1.165, 1.54) is 36.5 Å². The van der Waals surface area contributed by atoms with Gasteiger partial charge in [0, 0.05) is 6.54 Å². The third kappa shape index (κ3) is 5.54. The summed E-state index contributed by atoms with van der Waals surface area (Å²) in [6, 6.07) is 8.52. The number of aliphatic hydroxyl groups is 1. The predicted octanol–water partition coefficient (Wildman–Crippen LogP) is 3.09. The molecule has 1 aromatic heterocycles. The second kappa shape index (κ2) is 8.70. The Morgan fingerprint density at radius 1 is 1.08 bits per heavy atom. The minimum atomic E-state index is -0.739. The molecule has 2 rings (SSSR count). The number of hydrogen-bond donors (Lipinski definition) is 2. The van der Waals surface area contributed by atoms with E-state index >= 15 is 0 Å². The van der Waals surface area contributed by atoms with E-state index < -0.39 is 6.10 Å². The topological polar surface area (TPSA) is 54.4 Å². The fourth-order valence-electron chi connectivity index (χ4n) is 2.30. The second-order valence-corrected chi connectivity index (χ2v) is 5.95. The molecule has 1 heterocycles. The van der Waals surface area contributed by atoms with Gasteiger partial charge in [0.2, 0.25) is 0 Å². The molecule has 2 N–H and O–H groups in total. The summed E-state index contributed by atoms with van der Waals surface area (Å²) >= 11 is 0. The lowest BCUT2D eigenvalue weighted by atomic mass is 10.00. The Morgan fingerprint density at radius 3 is 2.33 bits per heavy atom. The van der Waals surface area contributed by atoms with Crippen molar-refractivity contribution in [2.45, 2.75) is 26.0 Å². The monoisotopic (exact) mass is 336 g/mol. The zero-order valence-corrected chi connectivity index (χ0v) is 13.7. The van der Waals surface area contributed by atoms with E-state index in [9.17, 15) is 13.9 Å². The first-order valence-corrected chi connectivity index (χ1v) is 7.87. The summed E-state index contributed by atoms with van der Waals surface area (Å²) in [7, 11) is 0. The van der Waals surface area contributed by atoms with Crippen molar-refractivity contribution in [3.8, 4) is 5.75 Å². The van der Waals surface area contributed by atoms with E-state index in [0.29, 0.717) is 12.3 Å². The van der Waals surface area contributed by atoms with Crippen LogP contribution in [0, 0.1) is 17.6 Å². The molecule has 4 nitrogen and oxygen atoms in total. The molecule has 0 spiro atoms. The van der Waals surface area contributed by atoms with Gasteiger partial charge in [0.1, 0.15) is 30.1 Å². The number of halogens is 2. The highest BCUT2D eigenvalue weighted by molar-refractivity contribution is 5.22. The number of aliphatic hydroxyl groups excluding tert-OH is 1. The van der Waals surface area contributed by atoms with Crippen molar-refractivity contribution in [2.24, 2.45) is 5.92 Å². The molecule has 2 atom stereocenters. The Bertz CT molecular complexity index is 618. The average molecular weight is 336 g/mol. The zero-order valence-electron chi connectivity index (χ0n) is 13.7. The largest absolute Gasteiger partial charge is 0.491 e. The summed E-state index contributed by atoms with van der Waals surface area (Å²) in [6.45, 7) is 4.41. The minimum Gasteiger partial charge on any atom is -0.491 e. The summed E-state index contributed by atoms with van der Waals surface area (Å²) in [5.74, 6) is -0.00522. The van der Waals surface area contributed by atoms with Gasteiger partial charge >= 0.3 is 0 Å². The van der Waals surface area contributed by atoms with Crippen molar-refractivity contribution < 1.29 is 18.6 Å². The molecule has 2 unspecified atom stereocenters. The van der Waals surface area contributed by atoms with Crippen LogP contribution in [0.2, 0.25) is 0 Å². The second-order valence-electron chi connectivity index (χ2n) is 5.95. The summed E-state index contributed by atoms with van der Waals surface area (Å²) in [5, 5.41) is 13.3. The molecule has 0 saturated heterocycles. The number of nitrogens with one attached hydrogen (secondary N) is 1. The van der Waals surface area contributed by atoms with Crippen molar-refractivity contribution >= 4 is 0 Å². The molecule has 0 fully saturated rings. The highest BCUT2D eigenvalue weighted by Crippen LogP contribution is 2.19. The van der Waals surface area contributed by atoms with E-state index in [1.807, 2.05) is 13.8 Å². The van der Waals surface area contributed by atoms with Crippen molar-refractivity contribution in [2.75, 3.05) is 13.2 Å². The third-order valence-electron chi connectivity index (χ3n) is 3.56. The number of nitrogens with zero attached hydrogens (tertiary/aromatic N) is 1. The van der Waals surface area contributed by atoms with Gasteiger partial charge in [-0.3, -0.25) is 4.98 Å². The van der Waals surface area contributed by atoms with Crippen LogP contribution < -0.4 is 10.1 Å². The van der Waals surface area contributed by atoms with Crippen molar-refractivity contribution in [1.29, 1.82) is 0 Å². The van der Waals surface area contributed by atoms with Crippen LogP contribution in [0.5, 0.6) is 5.75 Å². The van der Waals surface area contributed by atoms with Crippen LogP contribution in [0.15, 0.2) is 42.6 Å². The average Bonchev–Trinajstić information content (AvgIpc) is 2.56. The Labute approximate surface area is 140 Å². The lowest BCUT2D eigenvalue weighted by Gasteiger charge is -2.23. The summed E-state index contributed by atoms with van der Waals surface area (Å²) in [6.07, 6.45) is 0.442. The Balaban J connectivity index is 1.84. The van der Waals surface area contributed by atoms with Crippen LogP contribution in [0.1, 0.15) is 25.6 Å². The lowest BCUT2D eigenvalue weighted by Crippen LogP contribution is -2.36. The van der Waals surface area contributed by atoms with Crippen LogP contribution in [0.25, 0.3) is 0 Å². The number of pyridine rings is 1. The molecule has 2 aromatic rings. The van der Waals surface area contributed by atoms with E-state index in [-0.39, 0.29) is 30.2 Å².